The van der Waals surface area contributed by atoms with Crippen LogP contribution in [0.4, 0.5) is 0 Å². The molecular weight excluding hydrogens is 971 g/mol. The van der Waals surface area contributed by atoms with E-state index in [0.717, 1.165) is 68.9 Å². The van der Waals surface area contributed by atoms with Crippen molar-refractivity contribution in [1.82, 2.24) is 15.0 Å². The molecule has 6 heteroatoms. The van der Waals surface area contributed by atoms with Crippen molar-refractivity contribution in [2.24, 2.45) is 11.3 Å². The molecule has 0 aliphatic heterocycles. The molecule has 1 aliphatic carbocycles. The molecule has 4 heterocycles. The number of hydrogen-bond acceptors (Lipinski definition) is 4. The number of hydrogen-bond donors (Lipinski definition) is 0. The minimum absolute atomic E-state index is 0. The Morgan fingerprint density at radius 1 is 0.750 bits per heavy atom. The Labute approximate surface area is 376 Å². The van der Waals surface area contributed by atoms with E-state index in [4.69, 9.17) is 19.4 Å². The first kappa shape index (κ1) is 45.6. The molecule has 4 aromatic heterocycles. The van der Waals surface area contributed by atoms with Crippen LogP contribution in [0, 0.1) is 23.5 Å². The molecule has 0 unspecified atom stereocenters. The number of furan rings is 1. The molecule has 315 valence electrons. The van der Waals surface area contributed by atoms with E-state index in [1.54, 1.807) is 0 Å². The molecule has 0 bridgehead atoms. The molecule has 0 amide bonds. The van der Waals surface area contributed by atoms with Crippen molar-refractivity contribution in [1.29, 1.82) is 0 Å². The molecule has 1 saturated carbocycles. The van der Waals surface area contributed by atoms with Crippen LogP contribution in [-0.4, -0.2) is 28.2 Å². The zero-order valence-electron chi connectivity index (χ0n) is 37.7. The molecule has 0 spiro atoms. The summed E-state index contributed by atoms with van der Waals surface area (Å²) in [5, 5.41) is 2.08. The fraction of sp³-hybridized carbons (Fsp3) is 0.389. The smallest absolute Gasteiger partial charge is 0.216 e. The summed E-state index contributed by atoms with van der Waals surface area (Å²) in [6.07, 6.45) is 11.9. The molecule has 1 aliphatic rings. The standard InChI is InChI=1S/C31H29N2O.C23H34GeN.Ir/c1-20(2)27-19-32-29(18-23(27)17-21-9-6-7-10-21)26-14-8-13-24-25-15-16-28(22-11-4-3-5-12-22)33-31(25)34-30(24)26;1-22(2,3)15-18-14-21(25-16-20(18)24(7,8)9)17-11-10-12-19(13-17)23(4,5)6;/h3-5,8,11-13,15-16,18-21H,6-7,9-10,17H2,1-2H3;10,12-14,16H,15H2,1-9H3;/q2*-1;. The van der Waals surface area contributed by atoms with Crippen molar-refractivity contribution in [3.8, 4) is 33.8 Å². The Balaban J connectivity index is 0.000000208. The molecule has 1 fully saturated rings. The zero-order valence-corrected chi connectivity index (χ0v) is 42.2. The van der Waals surface area contributed by atoms with E-state index in [0.29, 0.717) is 11.6 Å². The molecule has 0 N–H and O–H groups in total. The average molecular weight is 1030 g/mol. The summed E-state index contributed by atoms with van der Waals surface area (Å²) in [6.45, 7) is 18.2. The van der Waals surface area contributed by atoms with Gasteiger partial charge in [0.05, 0.1) is 11.3 Å². The summed E-state index contributed by atoms with van der Waals surface area (Å²) in [5.74, 6) is 8.61. The van der Waals surface area contributed by atoms with Crippen LogP contribution in [0.3, 0.4) is 0 Å². The van der Waals surface area contributed by atoms with Gasteiger partial charge in [-0.2, -0.15) is 0 Å². The van der Waals surface area contributed by atoms with Gasteiger partial charge in [0, 0.05) is 37.3 Å². The van der Waals surface area contributed by atoms with Gasteiger partial charge >= 0.3 is 158 Å². The summed E-state index contributed by atoms with van der Waals surface area (Å²) >= 11 is -1.95. The molecule has 8 rings (SSSR count). The van der Waals surface area contributed by atoms with Crippen molar-refractivity contribution in [2.75, 3.05) is 0 Å². The zero-order chi connectivity index (χ0) is 42.1. The maximum atomic E-state index is 6.37. The first-order valence-corrected chi connectivity index (χ1v) is 29.1. The van der Waals surface area contributed by atoms with Crippen molar-refractivity contribution in [3.63, 3.8) is 0 Å². The van der Waals surface area contributed by atoms with E-state index in [2.05, 4.69) is 152 Å². The summed E-state index contributed by atoms with van der Waals surface area (Å²) in [4.78, 5) is 14.6. The van der Waals surface area contributed by atoms with Crippen LogP contribution in [0.1, 0.15) is 109 Å². The third-order valence-corrected chi connectivity index (χ3v) is 16.1. The first-order chi connectivity index (χ1) is 27.9. The number of fused-ring (bicyclic) bond motifs is 3. The Morgan fingerprint density at radius 2 is 1.43 bits per heavy atom. The minimum Gasteiger partial charge on any atom is -0.486 e. The number of benzene rings is 3. The fourth-order valence-corrected chi connectivity index (χ4v) is 11.9. The quantitative estimate of drug-likeness (QED) is 0.112. The third-order valence-electron chi connectivity index (χ3n) is 11.7. The molecule has 3 aromatic carbocycles. The monoisotopic (exact) mass is 1040 g/mol. The van der Waals surface area contributed by atoms with Gasteiger partial charge in [-0.25, -0.2) is 4.98 Å². The van der Waals surface area contributed by atoms with Gasteiger partial charge in [-0.1, -0.05) is 86.9 Å². The van der Waals surface area contributed by atoms with Gasteiger partial charge in [-0.3, -0.25) is 0 Å². The number of pyridine rings is 3. The summed E-state index contributed by atoms with van der Waals surface area (Å²) in [6, 6.07) is 36.3. The Bertz CT molecular complexity index is 2550. The molecule has 7 aromatic rings. The summed E-state index contributed by atoms with van der Waals surface area (Å²) in [5.41, 5.74) is 13.5. The molecular formula is C54H63GeIrN3O-2. The van der Waals surface area contributed by atoms with Crippen molar-refractivity contribution in [3.05, 3.63) is 132 Å². The molecule has 0 atom stereocenters. The Kier molecular flexibility index (Phi) is 14.1. The number of rotatable bonds is 8. The SMILES string of the molecule is CC(C)(C)Cc1cc(-c2[c-]ccc(C(C)(C)C)c2)nc[c]1[Ge]([CH3])([CH3])[CH3].CC(C)c1cnc(-c2[c-]ccc3c2oc2nc(-c4ccccc4)ccc23)cc1CC1CCCC1.[Ir]. The Hall–Kier alpha value is -3.90. The van der Waals surface area contributed by atoms with Gasteiger partial charge in [-0.05, 0) is 47.2 Å². The predicted molar refractivity (Wildman–Crippen MR) is 252 cm³/mol. The van der Waals surface area contributed by atoms with Gasteiger partial charge in [0.15, 0.2) is 0 Å². The van der Waals surface area contributed by atoms with E-state index in [-0.39, 0.29) is 30.9 Å². The summed E-state index contributed by atoms with van der Waals surface area (Å²) in [7, 11) is 0. The maximum absolute atomic E-state index is 6.37. The second kappa shape index (κ2) is 18.6. The van der Waals surface area contributed by atoms with Crippen LogP contribution < -0.4 is 4.40 Å². The van der Waals surface area contributed by atoms with Crippen LogP contribution in [0.5, 0.6) is 0 Å². The third kappa shape index (κ3) is 10.8. The normalized spacial score (nSPS) is 13.7. The minimum atomic E-state index is -1.95. The molecule has 60 heavy (non-hydrogen) atoms. The van der Waals surface area contributed by atoms with Gasteiger partial charge in [0.1, 0.15) is 0 Å². The molecule has 1 radical (unpaired) electrons. The van der Waals surface area contributed by atoms with E-state index >= 15 is 0 Å². The topological polar surface area (TPSA) is 51.8 Å². The van der Waals surface area contributed by atoms with Crippen molar-refractivity contribution < 1.29 is 24.5 Å². The van der Waals surface area contributed by atoms with E-state index in [1.807, 2.05) is 30.3 Å². The first-order valence-electron chi connectivity index (χ1n) is 21.7. The second-order valence-electron chi connectivity index (χ2n) is 20.3. The van der Waals surface area contributed by atoms with Gasteiger partial charge in [0.25, 0.3) is 0 Å². The number of nitrogens with zero attached hydrogens (tertiary/aromatic N) is 3. The van der Waals surface area contributed by atoms with E-state index in [1.165, 1.54) is 52.3 Å². The largest absolute Gasteiger partial charge is 0.486 e. The summed E-state index contributed by atoms with van der Waals surface area (Å²) < 4.78 is 7.90. The van der Waals surface area contributed by atoms with Crippen LogP contribution in [0.2, 0.25) is 17.3 Å². The van der Waals surface area contributed by atoms with Crippen LogP contribution in [0.25, 0.3) is 55.8 Å². The molecule has 4 nitrogen and oxygen atoms in total. The average Bonchev–Trinajstić information content (AvgIpc) is 3.84. The fourth-order valence-electron chi connectivity index (χ4n) is 8.57. The predicted octanol–water partition coefficient (Wildman–Crippen LogP) is 14.3. The van der Waals surface area contributed by atoms with Gasteiger partial charge in [0.2, 0.25) is 5.71 Å². The van der Waals surface area contributed by atoms with Crippen molar-refractivity contribution in [2.45, 2.75) is 123 Å². The van der Waals surface area contributed by atoms with Crippen LogP contribution in [0.15, 0.2) is 102 Å². The van der Waals surface area contributed by atoms with Crippen LogP contribution in [-0.2, 0) is 38.4 Å². The number of aromatic nitrogens is 3. The van der Waals surface area contributed by atoms with Gasteiger partial charge < -0.3 is 9.40 Å². The van der Waals surface area contributed by atoms with E-state index < -0.39 is 13.3 Å². The second-order valence-corrected chi connectivity index (χ2v) is 30.9. The van der Waals surface area contributed by atoms with Crippen LogP contribution >= 0.6 is 0 Å². The maximum Gasteiger partial charge on any atom is 0.216 e. The van der Waals surface area contributed by atoms with E-state index in [9.17, 15) is 0 Å². The Morgan fingerprint density at radius 3 is 2.10 bits per heavy atom. The van der Waals surface area contributed by atoms with Gasteiger partial charge in [-0.15, -0.1) is 18.2 Å². The van der Waals surface area contributed by atoms with Crippen molar-refractivity contribution >= 4 is 39.7 Å². The molecule has 0 saturated heterocycles.